The second kappa shape index (κ2) is 10.7. The molecule has 10 heteroatoms. The van der Waals surface area contributed by atoms with Crippen LogP contribution in [0.25, 0.3) is 0 Å². The number of thioether (sulfide) groups is 1. The second-order valence-corrected chi connectivity index (χ2v) is 8.76. The summed E-state index contributed by atoms with van der Waals surface area (Å²) in [6.07, 6.45) is 2.46. The zero-order chi connectivity index (χ0) is 22.5. The molecule has 168 valence electrons. The summed E-state index contributed by atoms with van der Waals surface area (Å²) < 4.78 is 5.46. The van der Waals surface area contributed by atoms with Crippen molar-refractivity contribution in [2.24, 2.45) is 0 Å². The molecule has 0 radical (unpaired) electrons. The van der Waals surface area contributed by atoms with Gasteiger partial charge in [0.1, 0.15) is 11.7 Å². The van der Waals surface area contributed by atoms with E-state index in [1.165, 1.54) is 11.8 Å². The molecule has 0 aliphatic carbocycles. The van der Waals surface area contributed by atoms with Crippen molar-refractivity contribution >= 4 is 51.5 Å². The minimum Gasteiger partial charge on any atom is -0.479 e. The van der Waals surface area contributed by atoms with E-state index in [2.05, 4.69) is 15.3 Å². The maximum absolute atomic E-state index is 12.8. The lowest BCUT2D eigenvalue weighted by molar-refractivity contribution is -0.115. The lowest BCUT2D eigenvalue weighted by atomic mass is 10.1. The van der Waals surface area contributed by atoms with Crippen LogP contribution in [0.1, 0.15) is 18.2 Å². The summed E-state index contributed by atoms with van der Waals surface area (Å²) >= 11 is 13.5. The van der Waals surface area contributed by atoms with E-state index < -0.39 is 6.04 Å². The van der Waals surface area contributed by atoms with Crippen LogP contribution in [0.4, 0.5) is 11.4 Å². The van der Waals surface area contributed by atoms with Crippen molar-refractivity contribution in [2.75, 3.05) is 43.3 Å². The Kier molecular flexibility index (Phi) is 8.30. The number of aromatic nitrogens is 1. The van der Waals surface area contributed by atoms with Gasteiger partial charge in [-0.1, -0.05) is 41.9 Å². The fraction of sp³-hybridized carbons (Fsp3) is 0.429. The maximum Gasteiger partial charge on any atom is 0.238 e. The molecule has 1 saturated heterocycles. The minimum atomic E-state index is -0.422. The van der Waals surface area contributed by atoms with Crippen LogP contribution in [-0.2, 0) is 17.8 Å². The highest BCUT2D eigenvalue weighted by molar-refractivity contribution is 8.13. The molecule has 2 N–H and O–H groups in total. The van der Waals surface area contributed by atoms with Crippen LogP contribution >= 0.6 is 35.0 Å². The van der Waals surface area contributed by atoms with Gasteiger partial charge in [0.2, 0.25) is 11.0 Å². The van der Waals surface area contributed by atoms with Crippen LogP contribution < -0.4 is 15.1 Å². The SMILES string of the molecule is CCc1nc(OC)c(NN2CCN(c3cc(Cl)cc(Cl)c3)CC2C(=O)SC)cc1CO. The number of hydrogen-bond donors (Lipinski definition) is 2. The molecule has 0 saturated carbocycles. The number of pyridine rings is 1. The molecule has 1 atom stereocenters. The van der Waals surface area contributed by atoms with E-state index in [1.807, 2.05) is 30.1 Å². The van der Waals surface area contributed by atoms with Crippen LogP contribution in [0.3, 0.4) is 0 Å². The van der Waals surface area contributed by atoms with Gasteiger partial charge in [0.05, 0.1) is 13.7 Å². The minimum absolute atomic E-state index is 0.0322. The summed E-state index contributed by atoms with van der Waals surface area (Å²) in [4.78, 5) is 19.4. The molecule has 1 unspecified atom stereocenters. The summed E-state index contributed by atoms with van der Waals surface area (Å²) in [5.41, 5.74) is 6.31. The molecule has 1 aromatic carbocycles. The first-order chi connectivity index (χ1) is 14.9. The fourth-order valence-corrected chi connectivity index (χ4v) is 4.61. The molecule has 2 heterocycles. The third-order valence-electron chi connectivity index (χ3n) is 5.18. The Bertz CT molecular complexity index is 927. The van der Waals surface area contributed by atoms with E-state index >= 15 is 0 Å². The predicted octanol–water partition coefficient (Wildman–Crippen LogP) is 3.86. The number of rotatable bonds is 7. The molecule has 1 aliphatic heterocycles. The van der Waals surface area contributed by atoms with Crippen molar-refractivity contribution in [3.63, 3.8) is 0 Å². The number of carbonyl (C=O) groups excluding carboxylic acids is 1. The average Bonchev–Trinajstić information content (AvgIpc) is 2.77. The van der Waals surface area contributed by atoms with Crippen molar-refractivity contribution in [3.05, 3.63) is 45.6 Å². The molecular weight excluding hydrogens is 459 g/mol. The van der Waals surface area contributed by atoms with Crippen molar-refractivity contribution in [3.8, 4) is 5.88 Å². The Hall–Kier alpha value is -1.71. The Morgan fingerprint density at radius 2 is 2.00 bits per heavy atom. The first-order valence-electron chi connectivity index (χ1n) is 9.89. The molecule has 31 heavy (non-hydrogen) atoms. The third kappa shape index (κ3) is 5.56. The first-order valence-corrected chi connectivity index (χ1v) is 11.9. The number of anilines is 2. The predicted molar refractivity (Wildman–Crippen MR) is 127 cm³/mol. The number of hydrazine groups is 1. The number of aliphatic hydroxyl groups is 1. The van der Waals surface area contributed by atoms with Crippen LogP contribution in [0.15, 0.2) is 24.3 Å². The highest BCUT2D eigenvalue weighted by Gasteiger charge is 2.33. The lowest BCUT2D eigenvalue weighted by Crippen LogP contribution is -2.58. The molecule has 0 amide bonds. The molecule has 1 aromatic heterocycles. The van der Waals surface area contributed by atoms with Crippen molar-refractivity contribution in [2.45, 2.75) is 26.0 Å². The molecule has 3 rings (SSSR count). The zero-order valence-electron chi connectivity index (χ0n) is 17.7. The van der Waals surface area contributed by atoms with Gasteiger partial charge in [0, 0.05) is 46.6 Å². The molecule has 1 fully saturated rings. The summed E-state index contributed by atoms with van der Waals surface area (Å²) in [6, 6.07) is 6.79. The Labute approximate surface area is 196 Å². The number of ether oxygens (including phenoxy) is 1. The largest absolute Gasteiger partial charge is 0.479 e. The molecule has 0 spiro atoms. The Morgan fingerprint density at radius 1 is 1.29 bits per heavy atom. The Morgan fingerprint density at radius 3 is 2.58 bits per heavy atom. The van der Waals surface area contributed by atoms with Gasteiger partial charge in [0.25, 0.3) is 0 Å². The Balaban J connectivity index is 1.87. The quantitative estimate of drug-likeness (QED) is 0.613. The van der Waals surface area contributed by atoms with E-state index in [1.54, 1.807) is 19.4 Å². The summed E-state index contributed by atoms with van der Waals surface area (Å²) in [5, 5.41) is 12.8. The number of aryl methyl sites for hydroxylation is 1. The van der Waals surface area contributed by atoms with Crippen LogP contribution in [0.2, 0.25) is 10.0 Å². The molecule has 1 aliphatic rings. The molecule has 0 bridgehead atoms. The van der Waals surface area contributed by atoms with Gasteiger partial charge in [0.15, 0.2) is 0 Å². The van der Waals surface area contributed by atoms with Crippen molar-refractivity contribution in [1.82, 2.24) is 9.99 Å². The van der Waals surface area contributed by atoms with Crippen molar-refractivity contribution in [1.29, 1.82) is 0 Å². The monoisotopic (exact) mass is 484 g/mol. The van der Waals surface area contributed by atoms with E-state index in [4.69, 9.17) is 27.9 Å². The number of piperazine rings is 1. The number of carbonyl (C=O) groups is 1. The number of aliphatic hydroxyl groups excluding tert-OH is 1. The third-order valence-corrected chi connectivity index (χ3v) is 6.30. The number of methoxy groups -OCH3 is 1. The highest BCUT2D eigenvalue weighted by atomic mass is 35.5. The average molecular weight is 485 g/mol. The lowest BCUT2D eigenvalue weighted by Gasteiger charge is -2.41. The van der Waals surface area contributed by atoms with Crippen LogP contribution in [0.5, 0.6) is 5.88 Å². The van der Waals surface area contributed by atoms with E-state index in [9.17, 15) is 9.90 Å². The molecule has 7 nitrogen and oxygen atoms in total. The summed E-state index contributed by atoms with van der Waals surface area (Å²) in [5.74, 6) is 0.424. The van der Waals surface area contributed by atoms with Crippen LogP contribution in [0, 0.1) is 0 Å². The normalized spacial score (nSPS) is 17.0. The van der Waals surface area contributed by atoms with E-state index in [-0.39, 0.29) is 11.7 Å². The van der Waals surface area contributed by atoms with Gasteiger partial charge in [-0.3, -0.25) is 4.79 Å². The highest BCUT2D eigenvalue weighted by Crippen LogP contribution is 2.30. The number of hydrogen-bond acceptors (Lipinski definition) is 8. The molecular formula is C21H26Cl2N4O3S. The van der Waals surface area contributed by atoms with Crippen molar-refractivity contribution < 1.29 is 14.6 Å². The van der Waals surface area contributed by atoms with Gasteiger partial charge >= 0.3 is 0 Å². The number of nitrogens with zero attached hydrogens (tertiary/aromatic N) is 3. The second-order valence-electron chi connectivity index (χ2n) is 7.08. The number of benzene rings is 1. The number of nitrogens with one attached hydrogen (secondary N) is 1. The maximum atomic E-state index is 12.8. The topological polar surface area (TPSA) is 77.9 Å². The van der Waals surface area contributed by atoms with Crippen LogP contribution in [-0.4, -0.2) is 59.3 Å². The summed E-state index contributed by atoms with van der Waals surface area (Å²) in [6.45, 7) is 3.55. The van der Waals surface area contributed by atoms with Gasteiger partial charge in [-0.25, -0.2) is 9.99 Å². The standard InChI is InChI=1S/C21H26Cl2N4O3S/c1-4-17-13(12-28)7-18(20(24-17)30-2)25-27-6-5-26(11-19(27)21(29)31-3)16-9-14(22)8-15(23)10-16/h7-10,19,25,28H,4-6,11-12H2,1-3H3. The van der Waals surface area contributed by atoms with Gasteiger partial charge < -0.3 is 20.2 Å². The zero-order valence-corrected chi connectivity index (χ0v) is 20.0. The van der Waals surface area contributed by atoms with Gasteiger partial charge in [-0.2, -0.15) is 0 Å². The van der Waals surface area contributed by atoms with Gasteiger partial charge in [-0.05, 0) is 36.9 Å². The fourth-order valence-electron chi connectivity index (χ4n) is 3.62. The molecule has 2 aromatic rings. The van der Waals surface area contributed by atoms with E-state index in [0.717, 1.165) is 16.9 Å². The summed E-state index contributed by atoms with van der Waals surface area (Å²) in [7, 11) is 1.55. The first kappa shape index (κ1) is 23.9. The van der Waals surface area contributed by atoms with E-state index in [0.29, 0.717) is 47.7 Å². The van der Waals surface area contributed by atoms with Gasteiger partial charge in [-0.15, -0.1) is 0 Å². The number of halogens is 2. The smallest absolute Gasteiger partial charge is 0.238 e.